The second-order valence-corrected chi connectivity index (χ2v) is 6.99. The number of sulfonamides is 1. The minimum absolute atomic E-state index is 0.0000211. The van der Waals surface area contributed by atoms with Gasteiger partial charge in [0.25, 0.3) is 0 Å². The number of hydrogen-bond donors (Lipinski definition) is 0. The molecule has 1 saturated heterocycles. The monoisotopic (exact) mass is 288 g/mol. The lowest BCUT2D eigenvalue weighted by Crippen LogP contribution is -2.45. The van der Waals surface area contributed by atoms with Crippen LogP contribution in [0.3, 0.4) is 0 Å². The van der Waals surface area contributed by atoms with Crippen LogP contribution in [0.2, 0.25) is 5.15 Å². The molecule has 0 spiro atoms. The molecule has 2 atom stereocenters. The molecule has 100 valence electrons. The molecule has 2 heterocycles. The highest BCUT2D eigenvalue weighted by Gasteiger charge is 2.35. The Hall–Kier alpha value is -0.650. The summed E-state index contributed by atoms with van der Waals surface area (Å²) in [5.74, 6) is 0.365. The number of piperidine rings is 1. The molecule has 2 unspecified atom stereocenters. The van der Waals surface area contributed by atoms with Gasteiger partial charge in [0.05, 0.1) is 0 Å². The zero-order chi connectivity index (χ0) is 13.3. The largest absolute Gasteiger partial charge is 0.246 e. The van der Waals surface area contributed by atoms with Crippen LogP contribution < -0.4 is 0 Å². The van der Waals surface area contributed by atoms with Gasteiger partial charge in [0.1, 0.15) is 10.0 Å². The van der Waals surface area contributed by atoms with E-state index in [1.54, 1.807) is 10.4 Å². The van der Waals surface area contributed by atoms with Crippen molar-refractivity contribution in [1.29, 1.82) is 0 Å². The third kappa shape index (κ3) is 2.39. The highest BCUT2D eigenvalue weighted by molar-refractivity contribution is 7.89. The smallest absolute Gasteiger partial charge is 0.243 e. The Morgan fingerprint density at radius 3 is 2.83 bits per heavy atom. The highest BCUT2D eigenvalue weighted by atomic mass is 35.5. The minimum Gasteiger partial charge on any atom is -0.243 e. The average Bonchev–Trinajstić information content (AvgIpc) is 2.32. The average molecular weight is 289 g/mol. The third-order valence-electron chi connectivity index (χ3n) is 3.63. The van der Waals surface area contributed by atoms with Crippen molar-refractivity contribution in [2.24, 2.45) is 5.92 Å². The quantitative estimate of drug-likeness (QED) is 0.786. The number of pyridine rings is 1. The number of rotatable bonds is 2. The lowest BCUT2D eigenvalue weighted by Gasteiger charge is -2.36. The first-order valence-electron chi connectivity index (χ1n) is 6.07. The molecule has 18 heavy (non-hydrogen) atoms. The van der Waals surface area contributed by atoms with Crippen molar-refractivity contribution in [3.63, 3.8) is 0 Å². The lowest BCUT2D eigenvalue weighted by atomic mass is 9.94. The highest BCUT2D eigenvalue weighted by Crippen LogP contribution is 2.30. The normalized spacial score (nSPS) is 26.2. The van der Waals surface area contributed by atoms with Crippen LogP contribution in [0.5, 0.6) is 0 Å². The van der Waals surface area contributed by atoms with E-state index in [1.165, 1.54) is 12.3 Å². The van der Waals surface area contributed by atoms with Gasteiger partial charge < -0.3 is 0 Å². The molecular weight excluding hydrogens is 272 g/mol. The summed E-state index contributed by atoms with van der Waals surface area (Å²) in [7, 11) is -3.54. The molecule has 2 rings (SSSR count). The van der Waals surface area contributed by atoms with E-state index in [9.17, 15) is 8.42 Å². The second-order valence-electron chi connectivity index (χ2n) is 4.77. The fourth-order valence-electron chi connectivity index (χ4n) is 2.33. The molecule has 0 bridgehead atoms. The summed E-state index contributed by atoms with van der Waals surface area (Å²) in [4.78, 5) is 3.95. The maximum atomic E-state index is 12.6. The van der Waals surface area contributed by atoms with Crippen LogP contribution in [0.25, 0.3) is 0 Å². The molecule has 1 aromatic heterocycles. The van der Waals surface area contributed by atoms with E-state index in [1.807, 2.05) is 6.92 Å². The van der Waals surface area contributed by atoms with Crippen molar-refractivity contribution in [2.75, 3.05) is 6.54 Å². The van der Waals surface area contributed by atoms with Gasteiger partial charge in [-0.05, 0) is 37.8 Å². The van der Waals surface area contributed by atoms with E-state index in [0.29, 0.717) is 12.5 Å². The summed E-state index contributed by atoms with van der Waals surface area (Å²) in [6, 6.07) is 3.10. The molecule has 0 N–H and O–H groups in total. The topological polar surface area (TPSA) is 50.3 Å². The second kappa shape index (κ2) is 5.15. The summed E-state index contributed by atoms with van der Waals surface area (Å²) < 4.78 is 26.7. The van der Waals surface area contributed by atoms with Crippen molar-refractivity contribution >= 4 is 21.6 Å². The Balaban J connectivity index is 2.40. The van der Waals surface area contributed by atoms with Crippen molar-refractivity contribution in [3.8, 4) is 0 Å². The molecule has 1 fully saturated rings. The van der Waals surface area contributed by atoms with Crippen LogP contribution in [-0.4, -0.2) is 30.3 Å². The van der Waals surface area contributed by atoms with Gasteiger partial charge in [0.15, 0.2) is 0 Å². The van der Waals surface area contributed by atoms with Gasteiger partial charge in [-0.3, -0.25) is 0 Å². The van der Waals surface area contributed by atoms with Crippen LogP contribution in [0, 0.1) is 5.92 Å². The molecule has 0 saturated carbocycles. The molecule has 1 aliphatic rings. The van der Waals surface area contributed by atoms with Crippen LogP contribution in [0.15, 0.2) is 23.2 Å². The van der Waals surface area contributed by atoms with Gasteiger partial charge in [-0.15, -0.1) is 0 Å². The maximum Gasteiger partial charge on any atom is 0.246 e. The molecule has 4 nitrogen and oxygen atoms in total. The number of halogens is 1. The van der Waals surface area contributed by atoms with Crippen molar-refractivity contribution in [1.82, 2.24) is 9.29 Å². The molecule has 0 aromatic carbocycles. The van der Waals surface area contributed by atoms with Gasteiger partial charge in [-0.25, -0.2) is 13.4 Å². The molecular formula is C12H17ClN2O2S. The van der Waals surface area contributed by atoms with E-state index in [0.717, 1.165) is 12.8 Å². The number of nitrogens with zero attached hydrogens (tertiary/aromatic N) is 2. The van der Waals surface area contributed by atoms with E-state index in [-0.39, 0.29) is 16.1 Å². The van der Waals surface area contributed by atoms with Gasteiger partial charge in [-0.1, -0.05) is 18.5 Å². The Bertz CT molecular complexity index is 533. The minimum atomic E-state index is -3.54. The zero-order valence-electron chi connectivity index (χ0n) is 10.5. The van der Waals surface area contributed by atoms with E-state index in [2.05, 4.69) is 11.9 Å². The fraction of sp³-hybridized carbons (Fsp3) is 0.583. The molecule has 0 aliphatic carbocycles. The Morgan fingerprint density at radius 2 is 2.17 bits per heavy atom. The van der Waals surface area contributed by atoms with Crippen LogP contribution in [0.4, 0.5) is 0 Å². The molecule has 1 aromatic rings. The summed E-state index contributed by atoms with van der Waals surface area (Å²) >= 11 is 5.90. The van der Waals surface area contributed by atoms with E-state index >= 15 is 0 Å². The van der Waals surface area contributed by atoms with Gasteiger partial charge >= 0.3 is 0 Å². The summed E-state index contributed by atoms with van der Waals surface area (Å²) in [6.07, 6.45) is 3.44. The predicted octanol–water partition coefficient (Wildman–Crippen LogP) is 2.54. The van der Waals surface area contributed by atoms with Gasteiger partial charge in [-0.2, -0.15) is 4.31 Å². The maximum absolute atomic E-state index is 12.6. The van der Waals surface area contributed by atoms with Crippen molar-refractivity contribution < 1.29 is 8.42 Å². The standard InChI is InChI=1S/C12H17ClN2O2S/c1-9-5-4-8-15(10(9)2)18(16,17)11-6-3-7-14-12(11)13/h3,6-7,9-10H,4-5,8H2,1-2H3. The fourth-order valence-corrected chi connectivity index (χ4v) is 4.52. The summed E-state index contributed by atoms with van der Waals surface area (Å²) in [5.41, 5.74) is 0. The summed E-state index contributed by atoms with van der Waals surface area (Å²) in [6.45, 7) is 4.59. The third-order valence-corrected chi connectivity index (χ3v) is 6.06. The van der Waals surface area contributed by atoms with Crippen LogP contribution >= 0.6 is 11.6 Å². The first-order valence-corrected chi connectivity index (χ1v) is 7.88. The Morgan fingerprint density at radius 1 is 1.44 bits per heavy atom. The van der Waals surface area contributed by atoms with Gasteiger partial charge in [0.2, 0.25) is 10.0 Å². The van der Waals surface area contributed by atoms with Gasteiger partial charge in [0, 0.05) is 18.8 Å². The van der Waals surface area contributed by atoms with E-state index < -0.39 is 10.0 Å². The summed E-state index contributed by atoms with van der Waals surface area (Å²) in [5, 5.41) is 0.0444. The lowest BCUT2D eigenvalue weighted by molar-refractivity contribution is 0.202. The zero-order valence-corrected chi connectivity index (χ0v) is 12.1. The first kappa shape index (κ1) is 13.8. The van der Waals surface area contributed by atoms with Crippen molar-refractivity contribution in [3.05, 3.63) is 23.5 Å². The predicted molar refractivity (Wildman–Crippen MR) is 71.0 cm³/mol. The molecule has 0 amide bonds. The van der Waals surface area contributed by atoms with Crippen molar-refractivity contribution in [2.45, 2.75) is 37.6 Å². The number of hydrogen-bond acceptors (Lipinski definition) is 3. The first-order chi connectivity index (χ1) is 8.44. The van der Waals surface area contributed by atoms with Crippen LogP contribution in [0.1, 0.15) is 26.7 Å². The SMILES string of the molecule is CC1CCCN(S(=O)(=O)c2cccnc2Cl)C1C. The molecule has 0 radical (unpaired) electrons. The Labute approximate surface area is 113 Å². The Kier molecular flexibility index (Phi) is 3.94. The van der Waals surface area contributed by atoms with E-state index in [4.69, 9.17) is 11.6 Å². The molecule has 1 aliphatic heterocycles. The number of aromatic nitrogens is 1. The van der Waals surface area contributed by atoms with Crippen LogP contribution in [-0.2, 0) is 10.0 Å². The molecule has 6 heteroatoms.